The van der Waals surface area contributed by atoms with E-state index in [1.54, 1.807) is 26.8 Å². The van der Waals surface area contributed by atoms with E-state index in [2.05, 4.69) is 0 Å². The molecule has 0 bridgehead atoms. The van der Waals surface area contributed by atoms with Crippen LogP contribution in [-0.2, 0) is 19.1 Å². The minimum atomic E-state index is -2.01. The van der Waals surface area contributed by atoms with Gasteiger partial charge in [-0.1, -0.05) is 38.8 Å². The normalized spacial score (nSPS) is 45.1. The van der Waals surface area contributed by atoms with Gasteiger partial charge in [-0.2, -0.15) is 0 Å². The van der Waals surface area contributed by atoms with E-state index in [1.165, 1.54) is 12.2 Å². The van der Waals surface area contributed by atoms with Crippen LogP contribution in [0.4, 0.5) is 4.39 Å². The van der Waals surface area contributed by atoms with Gasteiger partial charge in [0.05, 0.1) is 6.10 Å². The molecule has 3 unspecified atom stereocenters. The molecule has 4 rings (SSSR count). The van der Waals surface area contributed by atoms with E-state index in [4.69, 9.17) is 4.74 Å². The zero-order valence-corrected chi connectivity index (χ0v) is 20.6. The fraction of sp³-hybridized carbons (Fsp3) is 0.741. The Morgan fingerprint density at radius 2 is 1.97 bits per heavy atom. The van der Waals surface area contributed by atoms with Gasteiger partial charge in [0.2, 0.25) is 5.78 Å². The van der Waals surface area contributed by atoms with Crippen molar-refractivity contribution < 1.29 is 33.7 Å². The number of carbonyl (C=O) groups excluding carboxylic acids is 3. The molecule has 0 amide bonds. The molecule has 0 spiro atoms. The predicted molar refractivity (Wildman–Crippen MR) is 123 cm³/mol. The topological polar surface area (TPSA) is 101 Å². The molecule has 34 heavy (non-hydrogen) atoms. The van der Waals surface area contributed by atoms with Gasteiger partial charge in [0.15, 0.2) is 18.1 Å². The summed E-state index contributed by atoms with van der Waals surface area (Å²) in [6.07, 6.45) is 6.03. The maximum Gasteiger partial charge on any atom is 0.306 e. The van der Waals surface area contributed by atoms with Gasteiger partial charge in [-0.15, -0.1) is 0 Å². The quantitative estimate of drug-likeness (QED) is 0.568. The number of esters is 1. The van der Waals surface area contributed by atoms with Crippen LogP contribution >= 0.6 is 0 Å². The Balaban J connectivity index is 1.65. The van der Waals surface area contributed by atoms with Crippen molar-refractivity contribution in [2.24, 2.45) is 28.6 Å². The lowest BCUT2D eigenvalue weighted by Gasteiger charge is -2.62. The van der Waals surface area contributed by atoms with Gasteiger partial charge >= 0.3 is 5.97 Å². The molecule has 4 aliphatic carbocycles. The summed E-state index contributed by atoms with van der Waals surface area (Å²) >= 11 is 0. The van der Waals surface area contributed by atoms with Gasteiger partial charge in [0, 0.05) is 23.2 Å². The zero-order valence-electron chi connectivity index (χ0n) is 20.6. The number of unbranched alkanes of at least 4 members (excludes halogenated alkanes) is 1. The van der Waals surface area contributed by atoms with Crippen molar-refractivity contribution in [2.75, 3.05) is 6.61 Å². The first-order chi connectivity index (χ1) is 15.9. The summed E-state index contributed by atoms with van der Waals surface area (Å²) in [6, 6.07) is 0. The molecule has 0 aromatic heterocycles. The van der Waals surface area contributed by atoms with Crippen molar-refractivity contribution in [3.05, 3.63) is 23.8 Å². The highest BCUT2D eigenvalue weighted by Crippen LogP contribution is 2.70. The average molecular weight is 477 g/mol. The number of halogens is 1. The maximum atomic E-state index is 17.1. The number of ether oxygens (including phenoxy) is 1. The Hall–Kier alpha value is -1.86. The summed E-state index contributed by atoms with van der Waals surface area (Å²) in [5.74, 6) is -2.64. The molecule has 3 fully saturated rings. The average Bonchev–Trinajstić information content (AvgIpc) is 2.99. The van der Waals surface area contributed by atoms with Crippen molar-refractivity contribution in [1.29, 1.82) is 0 Å². The third-order valence-corrected chi connectivity index (χ3v) is 9.75. The molecular formula is C27H37FO6. The third kappa shape index (κ3) is 3.22. The van der Waals surface area contributed by atoms with Crippen LogP contribution in [0.25, 0.3) is 0 Å². The third-order valence-electron chi connectivity index (χ3n) is 9.75. The predicted octanol–water partition coefficient (Wildman–Crippen LogP) is 3.64. The molecule has 0 aliphatic heterocycles. The molecule has 3 saturated carbocycles. The molecule has 188 valence electrons. The number of Topliss-reactive ketones (excluding diaryl/α,β-unsaturated/α-hetero) is 1. The number of rotatable bonds is 6. The smallest absolute Gasteiger partial charge is 0.306 e. The van der Waals surface area contributed by atoms with Crippen LogP contribution in [0.3, 0.4) is 0 Å². The summed E-state index contributed by atoms with van der Waals surface area (Å²) in [6.45, 7) is 6.72. The molecule has 0 radical (unpaired) electrons. The molecule has 0 aromatic rings. The number of hydrogen-bond acceptors (Lipinski definition) is 6. The Morgan fingerprint density at radius 1 is 1.26 bits per heavy atom. The first-order valence-corrected chi connectivity index (χ1v) is 12.6. The second kappa shape index (κ2) is 8.37. The van der Waals surface area contributed by atoms with Gasteiger partial charge in [-0.25, -0.2) is 4.39 Å². The molecule has 6 nitrogen and oxygen atoms in total. The van der Waals surface area contributed by atoms with Crippen molar-refractivity contribution in [3.8, 4) is 0 Å². The number of allylic oxidation sites excluding steroid dienone is 4. The molecular weight excluding hydrogens is 439 g/mol. The summed E-state index contributed by atoms with van der Waals surface area (Å²) < 4.78 is 22.3. The largest absolute Gasteiger partial charge is 0.458 e. The van der Waals surface area contributed by atoms with E-state index in [-0.39, 0.29) is 24.5 Å². The first-order valence-electron chi connectivity index (χ1n) is 12.6. The standard InChI is InChI=1S/C27H37FO6/c1-5-6-7-23(32)34-15-22(31)27(33)16(2)12-20-19-9-8-17-13-18(29)10-11-24(17,3)26(19,28)21(30)14-25(20,27)4/h10-11,13,16,19-21,30,33H,5-9,12,14-15H2,1-4H3/t16-,19?,20?,21?,24-,25-,26-,27-/m1/s1. The SMILES string of the molecule is CCCCC(=O)OCC(=O)[C@]1(O)[C@H](C)CC2C3CCC4=CC(=O)C=C[C@@]4(C)[C@]3(F)C(O)C[C@]21C. The Morgan fingerprint density at radius 3 is 2.65 bits per heavy atom. The monoisotopic (exact) mass is 476 g/mol. The Kier molecular flexibility index (Phi) is 6.21. The van der Waals surface area contributed by atoms with Crippen LogP contribution in [0.2, 0.25) is 0 Å². The van der Waals surface area contributed by atoms with E-state index in [0.29, 0.717) is 31.3 Å². The van der Waals surface area contributed by atoms with Crippen molar-refractivity contribution in [2.45, 2.75) is 90.0 Å². The van der Waals surface area contributed by atoms with E-state index >= 15 is 4.39 Å². The number of hydrogen-bond donors (Lipinski definition) is 2. The Labute approximate surface area is 200 Å². The highest BCUT2D eigenvalue weighted by molar-refractivity contribution is 6.01. The van der Waals surface area contributed by atoms with Gasteiger partial charge in [0.1, 0.15) is 5.60 Å². The van der Waals surface area contributed by atoms with E-state index in [9.17, 15) is 24.6 Å². The number of fused-ring (bicyclic) bond motifs is 5. The second-order valence-electron chi connectivity index (χ2n) is 11.4. The molecule has 0 heterocycles. The van der Waals surface area contributed by atoms with E-state index in [1.807, 2.05) is 6.92 Å². The minimum Gasteiger partial charge on any atom is -0.458 e. The van der Waals surface area contributed by atoms with Crippen LogP contribution in [0.5, 0.6) is 0 Å². The number of aliphatic hydroxyl groups is 2. The fourth-order valence-electron chi connectivity index (χ4n) is 7.79. The molecule has 2 N–H and O–H groups in total. The summed E-state index contributed by atoms with van der Waals surface area (Å²) in [5.41, 5.74) is -5.34. The first kappa shape index (κ1) is 25.2. The fourth-order valence-corrected chi connectivity index (χ4v) is 7.79. The van der Waals surface area contributed by atoms with Crippen molar-refractivity contribution in [3.63, 3.8) is 0 Å². The van der Waals surface area contributed by atoms with Gasteiger partial charge in [-0.05, 0) is 63.0 Å². The van der Waals surface area contributed by atoms with Crippen LogP contribution in [0.1, 0.15) is 72.6 Å². The number of carbonyl (C=O) groups is 3. The number of aliphatic hydroxyl groups excluding tert-OH is 1. The van der Waals surface area contributed by atoms with Gasteiger partial charge in [-0.3, -0.25) is 14.4 Å². The molecule has 7 heteroatoms. The van der Waals surface area contributed by atoms with Crippen LogP contribution in [0.15, 0.2) is 23.8 Å². The lowest BCUT2D eigenvalue weighted by atomic mass is 9.44. The molecule has 0 saturated heterocycles. The number of ketones is 2. The molecule has 4 aliphatic rings. The van der Waals surface area contributed by atoms with Crippen molar-refractivity contribution in [1.82, 2.24) is 0 Å². The summed E-state index contributed by atoms with van der Waals surface area (Å²) in [4.78, 5) is 37.2. The lowest BCUT2D eigenvalue weighted by Crippen LogP contribution is -2.69. The lowest BCUT2D eigenvalue weighted by molar-refractivity contribution is -0.220. The van der Waals surface area contributed by atoms with Crippen molar-refractivity contribution >= 4 is 17.5 Å². The number of alkyl halides is 1. The van der Waals surface area contributed by atoms with Gasteiger partial charge in [0.25, 0.3) is 0 Å². The molecule has 0 aromatic carbocycles. The second-order valence-corrected chi connectivity index (χ2v) is 11.4. The zero-order chi connectivity index (χ0) is 25.1. The van der Waals surface area contributed by atoms with Crippen LogP contribution < -0.4 is 0 Å². The highest BCUT2D eigenvalue weighted by Gasteiger charge is 2.75. The van der Waals surface area contributed by atoms with E-state index < -0.39 is 58.4 Å². The van der Waals surface area contributed by atoms with E-state index in [0.717, 1.165) is 6.42 Å². The molecule has 8 atom stereocenters. The van der Waals surface area contributed by atoms with Gasteiger partial charge < -0.3 is 14.9 Å². The minimum absolute atomic E-state index is 0.0916. The van der Waals surface area contributed by atoms with Crippen LogP contribution in [0, 0.1) is 28.6 Å². The summed E-state index contributed by atoms with van der Waals surface area (Å²) in [5, 5.41) is 23.2. The highest BCUT2D eigenvalue weighted by atomic mass is 19.1. The Bertz CT molecular complexity index is 957. The maximum absolute atomic E-state index is 17.1. The summed E-state index contributed by atoms with van der Waals surface area (Å²) in [7, 11) is 0. The van der Waals surface area contributed by atoms with Crippen LogP contribution in [-0.4, -0.2) is 51.7 Å².